The molecule has 0 unspecified atom stereocenters. The molecule has 5 rings (SSSR count). The van der Waals surface area contributed by atoms with E-state index in [-0.39, 0.29) is 30.4 Å². The van der Waals surface area contributed by atoms with Gasteiger partial charge in [-0.1, -0.05) is 12.1 Å². The molecule has 0 atom stereocenters. The standard InChI is InChI=1S/C24H24N4O2.2ClH/c1-26-11-9-21-20-7-6-18(13-22(20)27(2)23(21)15-26)28-12-8-19(14-24(28)29)30-16-17-5-3-4-10-25-17;;/h3-8,10,12-14H,9,11,15-16H2,1-2H3;2*1H. The van der Waals surface area contributed by atoms with Gasteiger partial charge in [0.15, 0.2) is 0 Å². The summed E-state index contributed by atoms with van der Waals surface area (Å²) in [5.74, 6) is 0.542. The van der Waals surface area contributed by atoms with Gasteiger partial charge in [-0.05, 0) is 49.4 Å². The average Bonchev–Trinajstić information content (AvgIpc) is 3.04. The fourth-order valence-electron chi connectivity index (χ4n) is 4.23. The first-order valence-electron chi connectivity index (χ1n) is 10.1. The van der Waals surface area contributed by atoms with Gasteiger partial charge in [0, 0.05) is 49.7 Å². The zero-order valence-electron chi connectivity index (χ0n) is 18.0. The predicted molar refractivity (Wildman–Crippen MR) is 132 cm³/mol. The number of nitrogens with zero attached hydrogens (tertiary/aromatic N) is 4. The first-order valence-corrected chi connectivity index (χ1v) is 10.1. The number of benzene rings is 1. The number of fused-ring (bicyclic) bond motifs is 3. The molecule has 1 aromatic carbocycles. The Morgan fingerprint density at radius 1 is 1.06 bits per heavy atom. The predicted octanol–water partition coefficient (Wildman–Crippen LogP) is 4.13. The molecule has 1 aliphatic rings. The molecule has 0 radical (unpaired) electrons. The van der Waals surface area contributed by atoms with E-state index >= 15 is 0 Å². The smallest absolute Gasteiger partial charge is 0.258 e. The van der Waals surface area contributed by atoms with Crippen LogP contribution in [0.4, 0.5) is 0 Å². The molecule has 0 amide bonds. The van der Waals surface area contributed by atoms with E-state index in [1.807, 2.05) is 30.3 Å². The molecule has 4 heterocycles. The van der Waals surface area contributed by atoms with Gasteiger partial charge in [0.1, 0.15) is 12.4 Å². The zero-order chi connectivity index (χ0) is 20.7. The number of aromatic nitrogens is 3. The summed E-state index contributed by atoms with van der Waals surface area (Å²) in [7, 11) is 4.27. The van der Waals surface area contributed by atoms with Crippen LogP contribution in [0.2, 0.25) is 0 Å². The number of halogens is 2. The number of rotatable bonds is 4. The first kappa shape index (κ1) is 23.9. The molecular weight excluding hydrogens is 447 g/mol. The summed E-state index contributed by atoms with van der Waals surface area (Å²) in [5, 5.41) is 1.28. The Hall–Kier alpha value is -2.80. The van der Waals surface area contributed by atoms with Gasteiger partial charge in [0.2, 0.25) is 0 Å². The van der Waals surface area contributed by atoms with Gasteiger partial charge in [-0.25, -0.2) is 0 Å². The highest BCUT2D eigenvalue weighted by Gasteiger charge is 2.21. The molecule has 0 saturated heterocycles. The van der Waals surface area contributed by atoms with Crippen LogP contribution in [0, 0.1) is 0 Å². The number of ether oxygens (including phenoxy) is 1. The molecule has 4 aromatic rings. The van der Waals surface area contributed by atoms with Crippen molar-refractivity contribution in [2.45, 2.75) is 19.6 Å². The molecule has 6 nitrogen and oxygen atoms in total. The van der Waals surface area contributed by atoms with Crippen LogP contribution >= 0.6 is 24.8 Å². The van der Waals surface area contributed by atoms with Crippen LogP contribution in [0.5, 0.6) is 5.75 Å². The summed E-state index contributed by atoms with van der Waals surface area (Å²) in [6.45, 7) is 2.37. The lowest BCUT2D eigenvalue weighted by Crippen LogP contribution is -2.27. The lowest BCUT2D eigenvalue weighted by molar-refractivity contribution is 0.300. The van der Waals surface area contributed by atoms with Crippen molar-refractivity contribution >= 4 is 35.7 Å². The summed E-state index contributed by atoms with van der Waals surface area (Å²) in [5.41, 5.74) is 5.52. The monoisotopic (exact) mass is 472 g/mol. The third-order valence-corrected chi connectivity index (χ3v) is 5.87. The van der Waals surface area contributed by atoms with Crippen LogP contribution < -0.4 is 10.3 Å². The molecular formula is C24H26Cl2N4O2. The summed E-state index contributed by atoms with van der Waals surface area (Å²) in [4.78, 5) is 19.3. The Morgan fingerprint density at radius 3 is 2.66 bits per heavy atom. The van der Waals surface area contributed by atoms with E-state index in [0.717, 1.165) is 36.4 Å². The van der Waals surface area contributed by atoms with Crippen molar-refractivity contribution in [2.75, 3.05) is 13.6 Å². The van der Waals surface area contributed by atoms with Crippen molar-refractivity contribution < 1.29 is 4.74 Å². The number of pyridine rings is 2. The number of likely N-dealkylation sites (N-methyl/N-ethyl adjacent to an activating group) is 1. The summed E-state index contributed by atoms with van der Waals surface area (Å²) in [6.07, 6.45) is 4.56. The third kappa shape index (κ3) is 4.39. The van der Waals surface area contributed by atoms with E-state index in [1.165, 1.54) is 22.7 Å². The Labute approximate surface area is 199 Å². The van der Waals surface area contributed by atoms with Crippen LogP contribution in [0.15, 0.2) is 65.7 Å². The molecule has 168 valence electrons. The van der Waals surface area contributed by atoms with E-state index in [4.69, 9.17) is 4.74 Å². The Bertz CT molecular complexity index is 1280. The maximum Gasteiger partial charge on any atom is 0.258 e. The average molecular weight is 473 g/mol. The number of hydrogen-bond acceptors (Lipinski definition) is 4. The van der Waals surface area contributed by atoms with Crippen molar-refractivity contribution in [3.8, 4) is 11.4 Å². The molecule has 0 aliphatic carbocycles. The highest BCUT2D eigenvalue weighted by Crippen LogP contribution is 2.31. The fourth-order valence-corrected chi connectivity index (χ4v) is 4.23. The van der Waals surface area contributed by atoms with Crippen molar-refractivity contribution in [2.24, 2.45) is 7.05 Å². The van der Waals surface area contributed by atoms with Crippen molar-refractivity contribution in [1.29, 1.82) is 0 Å². The van der Waals surface area contributed by atoms with E-state index in [1.54, 1.807) is 17.0 Å². The zero-order valence-corrected chi connectivity index (χ0v) is 19.7. The Balaban J connectivity index is 0.00000144. The van der Waals surface area contributed by atoms with Gasteiger partial charge in [0.25, 0.3) is 5.56 Å². The van der Waals surface area contributed by atoms with Gasteiger partial charge in [0.05, 0.1) is 16.9 Å². The minimum Gasteiger partial charge on any atom is -0.487 e. The molecule has 32 heavy (non-hydrogen) atoms. The lowest BCUT2D eigenvalue weighted by Gasteiger charge is -2.23. The topological polar surface area (TPSA) is 52.3 Å². The molecule has 1 aliphatic heterocycles. The molecule has 0 N–H and O–H groups in total. The second-order valence-corrected chi connectivity index (χ2v) is 7.85. The molecule has 8 heteroatoms. The van der Waals surface area contributed by atoms with Gasteiger partial charge >= 0.3 is 0 Å². The van der Waals surface area contributed by atoms with E-state index in [9.17, 15) is 4.79 Å². The Morgan fingerprint density at radius 2 is 1.91 bits per heavy atom. The van der Waals surface area contributed by atoms with Gasteiger partial charge < -0.3 is 14.2 Å². The van der Waals surface area contributed by atoms with Gasteiger partial charge in [-0.15, -0.1) is 24.8 Å². The molecule has 0 saturated carbocycles. The third-order valence-electron chi connectivity index (χ3n) is 5.87. The molecule has 3 aromatic heterocycles. The van der Waals surface area contributed by atoms with Crippen LogP contribution in [-0.4, -0.2) is 32.6 Å². The molecule has 0 fully saturated rings. The SMILES string of the molecule is CN1CCc2c(n(C)c3cc(-n4ccc(OCc5ccccn5)cc4=O)ccc23)C1.Cl.Cl. The summed E-state index contributed by atoms with van der Waals surface area (Å²) < 4.78 is 9.65. The highest BCUT2D eigenvalue weighted by atomic mass is 35.5. The number of aryl methyl sites for hydroxylation is 1. The van der Waals surface area contributed by atoms with E-state index in [0.29, 0.717) is 12.4 Å². The van der Waals surface area contributed by atoms with Gasteiger partial charge in [-0.3, -0.25) is 14.3 Å². The van der Waals surface area contributed by atoms with Crippen LogP contribution in [0.25, 0.3) is 16.6 Å². The fraction of sp³-hybridized carbons (Fsp3) is 0.250. The minimum atomic E-state index is -0.119. The van der Waals surface area contributed by atoms with Gasteiger partial charge in [-0.2, -0.15) is 0 Å². The Kier molecular flexibility index (Phi) is 7.29. The van der Waals surface area contributed by atoms with Crippen LogP contribution in [0.3, 0.4) is 0 Å². The largest absolute Gasteiger partial charge is 0.487 e. The van der Waals surface area contributed by atoms with Crippen molar-refractivity contribution in [3.63, 3.8) is 0 Å². The first-order chi connectivity index (χ1) is 14.6. The quantitative estimate of drug-likeness (QED) is 0.447. The highest BCUT2D eigenvalue weighted by molar-refractivity contribution is 5.87. The van der Waals surface area contributed by atoms with Crippen LogP contribution in [0.1, 0.15) is 17.0 Å². The van der Waals surface area contributed by atoms with Crippen LogP contribution in [-0.2, 0) is 26.6 Å². The van der Waals surface area contributed by atoms with Crippen molar-refractivity contribution in [1.82, 2.24) is 19.0 Å². The van der Waals surface area contributed by atoms with E-state index in [2.05, 4.69) is 40.7 Å². The normalized spacial score (nSPS) is 13.2. The second kappa shape index (κ2) is 9.77. The number of hydrogen-bond donors (Lipinski definition) is 0. The molecule has 0 bridgehead atoms. The molecule has 0 spiro atoms. The van der Waals surface area contributed by atoms with Crippen molar-refractivity contribution in [3.05, 3.63) is 88.2 Å². The van der Waals surface area contributed by atoms with E-state index < -0.39 is 0 Å². The summed E-state index contributed by atoms with van der Waals surface area (Å²) >= 11 is 0. The minimum absolute atomic E-state index is 0. The lowest BCUT2D eigenvalue weighted by atomic mass is 10.0. The second-order valence-electron chi connectivity index (χ2n) is 7.85. The maximum absolute atomic E-state index is 12.8. The summed E-state index contributed by atoms with van der Waals surface area (Å²) in [6, 6.07) is 15.3. The maximum atomic E-state index is 12.8.